The first-order valence-electron chi connectivity index (χ1n) is 7.47. The number of imide groups is 1. The van der Waals surface area contributed by atoms with Gasteiger partial charge >= 0.3 is 0 Å². The van der Waals surface area contributed by atoms with E-state index in [1.54, 1.807) is 6.07 Å². The molecule has 0 spiro atoms. The van der Waals surface area contributed by atoms with Crippen LogP contribution >= 0.6 is 11.6 Å². The maximum atomic E-state index is 12.3. The van der Waals surface area contributed by atoms with Crippen LogP contribution in [-0.4, -0.2) is 29.2 Å². The van der Waals surface area contributed by atoms with Crippen LogP contribution in [-0.2, 0) is 4.79 Å². The topological polar surface area (TPSA) is 66.5 Å². The molecular weight excluding hydrogens is 328 g/mol. The SMILES string of the molecule is CC(NC(=O)CN1C(=O)c2ccc(Cl)cc2C1=O)c1ccccc1. The largest absolute Gasteiger partial charge is 0.348 e. The lowest BCUT2D eigenvalue weighted by molar-refractivity contribution is -0.122. The number of nitrogens with one attached hydrogen (secondary N) is 1. The zero-order valence-corrected chi connectivity index (χ0v) is 13.7. The Balaban J connectivity index is 1.69. The van der Waals surface area contributed by atoms with Gasteiger partial charge in [0.15, 0.2) is 0 Å². The minimum absolute atomic E-state index is 0.219. The van der Waals surface area contributed by atoms with E-state index in [0.29, 0.717) is 5.02 Å². The summed E-state index contributed by atoms with van der Waals surface area (Å²) in [5.41, 5.74) is 1.45. The fourth-order valence-electron chi connectivity index (χ4n) is 2.66. The van der Waals surface area contributed by atoms with E-state index in [4.69, 9.17) is 11.6 Å². The lowest BCUT2D eigenvalue weighted by Crippen LogP contribution is -2.41. The Bertz CT molecular complexity index is 820. The van der Waals surface area contributed by atoms with Gasteiger partial charge < -0.3 is 5.32 Å². The van der Waals surface area contributed by atoms with Crippen molar-refractivity contribution < 1.29 is 14.4 Å². The van der Waals surface area contributed by atoms with Crippen LogP contribution < -0.4 is 5.32 Å². The summed E-state index contributed by atoms with van der Waals surface area (Å²) in [7, 11) is 0. The normalized spacial score (nSPS) is 14.5. The maximum Gasteiger partial charge on any atom is 0.262 e. The molecule has 3 rings (SSSR count). The second kappa shape index (κ2) is 6.45. The summed E-state index contributed by atoms with van der Waals surface area (Å²) in [5, 5.41) is 3.17. The molecular formula is C18H15ClN2O3. The molecule has 0 aliphatic carbocycles. The van der Waals surface area contributed by atoms with Crippen molar-refractivity contribution in [2.45, 2.75) is 13.0 Å². The molecule has 0 fully saturated rings. The Morgan fingerprint density at radius 2 is 1.75 bits per heavy atom. The third-order valence-corrected chi connectivity index (χ3v) is 4.15. The van der Waals surface area contributed by atoms with E-state index in [-0.39, 0.29) is 23.7 Å². The van der Waals surface area contributed by atoms with Gasteiger partial charge in [-0.1, -0.05) is 41.9 Å². The Hall–Kier alpha value is -2.66. The van der Waals surface area contributed by atoms with E-state index >= 15 is 0 Å². The fraction of sp³-hybridized carbons (Fsp3) is 0.167. The molecule has 1 unspecified atom stereocenters. The molecule has 1 aliphatic rings. The highest BCUT2D eigenvalue weighted by atomic mass is 35.5. The standard InChI is InChI=1S/C18H15ClN2O3/c1-11(12-5-3-2-4-6-12)20-16(22)10-21-17(23)14-8-7-13(19)9-15(14)18(21)24/h2-9,11H,10H2,1H3,(H,20,22). The van der Waals surface area contributed by atoms with Gasteiger partial charge in [-0.25, -0.2) is 0 Å². The van der Waals surface area contributed by atoms with Gasteiger partial charge in [0.25, 0.3) is 11.8 Å². The lowest BCUT2D eigenvalue weighted by Gasteiger charge is -2.17. The molecule has 5 nitrogen and oxygen atoms in total. The van der Waals surface area contributed by atoms with Crippen molar-refractivity contribution in [2.75, 3.05) is 6.54 Å². The van der Waals surface area contributed by atoms with Crippen LogP contribution in [0.5, 0.6) is 0 Å². The lowest BCUT2D eigenvalue weighted by atomic mass is 10.1. The summed E-state index contributed by atoms with van der Waals surface area (Å²) in [4.78, 5) is 37.8. The number of carbonyl (C=O) groups is 3. The van der Waals surface area contributed by atoms with Crippen LogP contribution in [0.2, 0.25) is 5.02 Å². The summed E-state index contributed by atoms with van der Waals surface area (Å²) in [6.45, 7) is 1.52. The molecule has 3 amide bonds. The molecule has 2 aromatic rings. The van der Waals surface area contributed by atoms with E-state index in [0.717, 1.165) is 10.5 Å². The predicted octanol–water partition coefficient (Wildman–Crippen LogP) is 2.81. The van der Waals surface area contributed by atoms with Crippen molar-refractivity contribution in [1.82, 2.24) is 10.2 Å². The van der Waals surface area contributed by atoms with Crippen LogP contribution in [0.25, 0.3) is 0 Å². The van der Waals surface area contributed by atoms with E-state index in [1.165, 1.54) is 12.1 Å². The number of benzene rings is 2. The Morgan fingerprint density at radius 1 is 1.08 bits per heavy atom. The molecule has 0 bridgehead atoms. The third-order valence-electron chi connectivity index (χ3n) is 3.91. The molecule has 2 aromatic carbocycles. The third kappa shape index (κ3) is 3.03. The van der Waals surface area contributed by atoms with Crippen LogP contribution in [0.1, 0.15) is 39.2 Å². The first-order chi connectivity index (χ1) is 11.5. The number of nitrogens with zero attached hydrogens (tertiary/aromatic N) is 1. The zero-order chi connectivity index (χ0) is 17.3. The molecule has 0 saturated carbocycles. The summed E-state index contributed by atoms with van der Waals surface area (Å²) in [6, 6.07) is 13.7. The van der Waals surface area contributed by atoms with Crippen molar-refractivity contribution in [3.05, 3.63) is 70.2 Å². The van der Waals surface area contributed by atoms with Crippen molar-refractivity contribution in [3.63, 3.8) is 0 Å². The van der Waals surface area contributed by atoms with Gasteiger partial charge in [0.05, 0.1) is 17.2 Å². The molecule has 1 heterocycles. The van der Waals surface area contributed by atoms with Crippen molar-refractivity contribution in [3.8, 4) is 0 Å². The zero-order valence-electron chi connectivity index (χ0n) is 13.0. The van der Waals surface area contributed by atoms with E-state index < -0.39 is 17.7 Å². The number of hydrogen-bond acceptors (Lipinski definition) is 3. The van der Waals surface area contributed by atoms with Crippen molar-refractivity contribution >= 4 is 29.3 Å². The number of carbonyl (C=O) groups excluding carboxylic acids is 3. The second-order valence-corrected chi connectivity index (χ2v) is 6.02. The monoisotopic (exact) mass is 342 g/mol. The number of hydrogen-bond donors (Lipinski definition) is 1. The average molecular weight is 343 g/mol. The fourth-order valence-corrected chi connectivity index (χ4v) is 2.83. The van der Waals surface area contributed by atoms with Gasteiger partial charge in [0.2, 0.25) is 5.91 Å². The molecule has 0 radical (unpaired) electrons. The van der Waals surface area contributed by atoms with Crippen LogP contribution in [0.15, 0.2) is 48.5 Å². The van der Waals surface area contributed by atoms with E-state index in [9.17, 15) is 14.4 Å². The van der Waals surface area contributed by atoms with Crippen LogP contribution in [0, 0.1) is 0 Å². The first-order valence-corrected chi connectivity index (χ1v) is 7.85. The number of amides is 3. The first kappa shape index (κ1) is 16.2. The maximum absolute atomic E-state index is 12.3. The molecule has 6 heteroatoms. The van der Waals surface area contributed by atoms with E-state index in [1.807, 2.05) is 37.3 Å². The summed E-state index contributed by atoms with van der Waals surface area (Å²) in [5.74, 6) is -1.37. The minimum Gasteiger partial charge on any atom is -0.348 e. The molecule has 1 N–H and O–H groups in total. The highest BCUT2D eigenvalue weighted by Gasteiger charge is 2.36. The molecule has 1 atom stereocenters. The van der Waals surface area contributed by atoms with Gasteiger partial charge in [-0.3, -0.25) is 19.3 Å². The average Bonchev–Trinajstić information content (AvgIpc) is 2.80. The summed E-state index contributed by atoms with van der Waals surface area (Å²) < 4.78 is 0. The van der Waals surface area contributed by atoms with Crippen molar-refractivity contribution in [1.29, 1.82) is 0 Å². The molecule has 0 saturated heterocycles. The van der Waals surface area contributed by atoms with Gasteiger partial charge in [0, 0.05) is 5.02 Å². The van der Waals surface area contributed by atoms with Gasteiger partial charge in [0.1, 0.15) is 6.54 Å². The van der Waals surface area contributed by atoms with Gasteiger partial charge in [-0.2, -0.15) is 0 Å². The van der Waals surface area contributed by atoms with E-state index in [2.05, 4.69) is 5.32 Å². The molecule has 1 aliphatic heterocycles. The number of halogens is 1. The quantitative estimate of drug-likeness (QED) is 0.869. The Labute approximate surface area is 144 Å². The smallest absolute Gasteiger partial charge is 0.262 e. The van der Waals surface area contributed by atoms with Crippen LogP contribution in [0.3, 0.4) is 0 Å². The van der Waals surface area contributed by atoms with Crippen LogP contribution in [0.4, 0.5) is 0 Å². The highest BCUT2D eigenvalue weighted by molar-refractivity contribution is 6.32. The summed E-state index contributed by atoms with van der Waals surface area (Å²) in [6.07, 6.45) is 0. The van der Waals surface area contributed by atoms with Gasteiger partial charge in [-0.05, 0) is 30.7 Å². The number of fused-ring (bicyclic) bond motifs is 1. The second-order valence-electron chi connectivity index (χ2n) is 5.59. The minimum atomic E-state index is -0.500. The number of rotatable bonds is 4. The Kier molecular flexibility index (Phi) is 4.36. The highest BCUT2D eigenvalue weighted by Crippen LogP contribution is 2.25. The summed E-state index contributed by atoms with van der Waals surface area (Å²) >= 11 is 5.87. The van der Waals surface area contributed by atoms with Gasteiger partial charge in [-0.15, -0.1) is 0 Å². The van der Waals surface area contributed by atoms with Crippen molar-refractivity contribution in [2.24, 2.45) is 0 Å². The predicted molar refractivity (Wildman–Crippen MR) is 89.8 cm³/mol. The molecule has 122 valence electrons. The molecule has 0 aromatic heterocycles. The Morgan fingerprint density at radius 3 is 2.46 bits per heavy atom. The molecule has 24 heavy (non-hydrogen) atoms.